The van der Waals surface area contributed by atoms with Crippen LogP contribution in [0.15, 0.2) is 52.0 Å². The van der Waals surface area contributed by atoms with Crippen molar-refractivity contribution in [3.8, 4) is 5.69 Å². The van der Waals surface area contributed by atoms with Crippen LogP contribution in [0.4, 0.5) is 0 Å². The molecular formula is C18H18N6O2S. The van der Waals surface area contributed by atoms with Crippen molar-refractivity contribution in [1.29, 1.82) is 0 Å². The molecule has 138 valence electrons. The zero-order valence-corrected chi connectivity index (χ0v) is 15.8. The number of hydrogen-bond donors (Lipinski definition) is 0. The van der Waals surface area contributed by atoms with Gasteiger partial charge in [0.05, 0.1) is 34.2 Å². The van der Waals surface area contributed by atoms with Gasteiger partial charge in [0, 0.05) is 0 Å². The minimum atomic E-state index is -0.245. The van der Waals surface area contributed by atoms with Gasteiger partial charge in [-0.15, -0.1) is 0 Å². The third-order valence-corrected chi connectivity index (χ3v) is 5.18. The average Bonchev–Trinajstić information content (AvgIpc) is 3.32. The van der Waals surface area contributed by atoms with Crippen molar-refractivity contribution >= 4 is 22.7 Å². The highest BCUT2D eigenvalue weighted by Crippen LogP contribution is 2.25. The Bertz CT molecular complexity index is 1120. The first kappa shape index (κ1) is 17.5. The molecule has 0 fully saturated rings. The molecule has 0 N–H and O–H groups in total. The van der Waals surface area contributed by atoms with Crippen molar-refractivity contribution in [2.24, 2.45) is 0 Å². The van der Waals surface area contributed by atoms with Gasteiger partial charge in [-0.05, 0) is 24.8 Å². The van der Waals surface area contributed by atoms with E-state index in [0.717, 1.165) is 11.4 Å². The van der Waals surface area contributed by atoms with Gasteiger partial charge in [0.2, 0.25) is 5.89 Å². The summed E-state index contributed by atoms with van der Waals surface area (Å²) >= 11 is 1.73. The molecule has 0 saturated carbocycles. The molecule has 0 radical (unpaired) electrons. The molecule has 0 spiro atoms. The standard InChI is InChI=1S/C18H18N6O2S/c1-3-27-12(2)17-21-16(26-22-17)11-23-18(25)14-9-20-24(15(14)10-19-23)13-7-5-4-6-8-13/h4-10,12H,3,11H2,1-2H3. The number of nitrogens with zero attached hydrogens (tertiary/aromatic N) is 6. The predicted octanol–water partition coefficient (Wildman–Crippen LogP) is 2.83. The molecule has 3 aromatic heterocycles. The Morgan fingerprint density at radius 1 is 1.19 bits per heavy atom. The lowest BCUT2D eigenvalue weighted by molar-refractivity contribution is 0.359. The van der Waals surface area contributed by atoms with Crippen molar-refractivity contribution in [3.05, 3.63) is 64.8 Å². The second-order valence-corrected chi connectivity index (χ2v) is 7.56. The lowest BCUT2D eigenvalue weighted by atomic mass is 10.3. The Labute approximate surface area is 159 Å². The topological polar surface area (TPSA) is 91.6 Å². The van der Waals surface area contributed by atoms with E-state index in [9.17, 15) is 4.79 Å². The second kappa shape index (κ2) is 7.36. The number of para-hydroxylation sites is 1. The first-order valence-electron chi connectivity index (χ1n) is 8.60. The summed E-state index contributed by atoms with van der Waals surface area (Å²) in [5.41, 5.74) is 1.28. The van der Waals surface area contributed by atoms with Crippen LogP contribution in [0.3, 0.4) is 0 Å². The monoisotopic (exact) mass is 382 g/mol. The smallest absolute Gasteiger partial charge is 0.278 e. The summed E-state index contributed by atoms with van der Waals surface area (Å²) in [7, 11) is 0. The van der Waals surface area contributed by atoms with Crippen molar-refractivity contribution in [3.63, 3.8) is 0 Å². The Balaban J connectivity index is 1.64. The second-order valence-electron chi connectivity index (χ2n) is 5.94. The molecule has 3 heterocycles. The fraction of sp³-hybridized carbons (Fsp3) is 0.278. The van der Waals surface area contributed by atoms with Crippen LogP contribution in [0.1, 0.15) is 30.8 Å². The minimum Gasteiger partial charge on any atom is -0.337 e. The van der Waals surface area contributed by atoms with E-state index in [1.165, 1.54) is 4.68 Å². The zero-order chi connectivity index (χ0) is 18.8. The summed E-state index contributed by atoms with van der Waals surface area (Å²) in [4.78, 5) is 17.2. The van der Waals surface area contributed by atoms with Crippen LogP contribution in [0.5, 0.6) is 0 Å². The lowest BCUT2D eigenvalue weighted by Crippen LogP contribution is -2.23. The molecule has 4 rings (SSSR count). The van der Waals surface area contributed by atoms with E-state index in [2.05, 4.69) is 27.3 Å². The molecule has 1 atom stereocenters. The molecule has 1 unspecified atom stereocenters. The van der Waals surface area contributed by atoms with Gasteiger partial charge < -0.3 is 4.52 Å². The van der Waals surface area contributed by atoms with E-state index in [4.69, 9.17) is 4.52 Å². The summed E-state index contributed by atoms with van der Waals surface area (Å²) < 4.78 is 8.29. The van der Waals surface area contributed by atoms with E-state index in [0.29, 0.717) is 22.6 Å². The van der Waals surface area contributed by atoms with Gasteiger partial charge in [0.1, 0.15) is 6.54 Å². The summed E-state index contributed by atoms with van der Waals surface area (Å²) in [6.07, 6.45) is 3.19. The van der Waals surface area contributed by atoms with Crippen LogP contribution in [-0.2, 0) is 6.54 Å². The molecule has 0 saturated heterocycles. The van der Waals surface area contributed by atoms with E-state index in [1.54, 1.807) is 28.8 Å². The van der Waals surface area contributed by atoms with E-state index in [1.807, 2.05) is 37.3 Å². The van der Waals surface area contributed by atoms with Crippen LogP contribution in [0.25, 0.3) is 16.6 Å². The highest BCUT2D eigenvalue weighted by Gasteiger charge is 2.16. The molecule has 0 aliphatic heterocycles. The van der Waals surface area contributed by atoms with Gasteiger partial charge in [0.15, 0.2) is 5.82 Å². The fourth-order valence-corrected chi connectivity index (χ4v) is 3.55. The lowest BCUT2D eigenvalue weighted by Gasteiger charge is -2.04. The highest BCUT2D eigenvalue weighted by molar-refractivity contribution is 7.99. The fourth-order valence-electron chi connectivity index (χ4n) is 2.80. The maximum atomic E-state index is 12.8. The molecule has 9 heteroatoms. The molecule has 27 heavy (non-hydrogen) atoms. The zero-order valence-electron chi connectivity index (χ0n) is 14.9. The number of thioether (sulfide) groups is 1. The maximum Gasteiger partial charge on any atom is 0.278 e. The Morgan fingerprint density at radius 3 is 2.78 bits per heavy atom. The molecule has 0 amide bonds. The quantitative estimate of drug-likeness (QED) is 0.506. The summed E-state index contributed by atoms with van der Waals surface area (Å²) in [6.45, 7) is 4.23. The van der Waals surface area contributed by atoms with Crippen LogP contribution in [0.2, 0.25) is 0 Å². The first-order valence-corrected chi connectivity index (χ1v) is 9.65. The highest BCUT2D eigenvalue weighted by atomic mass is 32.2. The number of rotatable bonds is 6. The molecular weight excluding hydrogens is 364 g/mol. The van der Waals surface area contributed by atoms with Crippen LogP contribution in [-0.4, -0.2) is 35.5 Å². The largest absolute Gasteiger partial charge is 0.337 e. The summed E-state index contributed by atoms with van der Waals surface area (Å²) in [6, 6.07) is 9.62. The van der Waals surface area contributed by atoms with Gasteiger partial charge in [-0.3, -0.25) is 4.79 Å². The normalized spacial score (nSPS) is 12.5. The van der Waals surface area contributed by atoms with Gasteiger partial charge in [-0.1, -0.05) is 30.3 Å². The minimum absolute atomic E-state index is 0.127. The van der Waals surface area contributed by atoms with E-state index >= 15 is 0 Å². The summed E-state index contributed by atoms with van der Waals surface area (Å²) in [5.74, 6) is 1.95. The molecule has 0 aliphatic carbocycles. The molecule has 4 aromatic rings. The van der Waals surface area contributed by atoms with Crippen molar-refractivity contribution in [1.82, 2.24) is 29.7 Å². The molecule has 1 aromatic carbocycles. The van der Waals surface area contributed by atoms with E-state index < -0.39 is 0 Å². The maximum absolute atomic E-state index is 12.8. The SMILES string of the molecule is CCSC(C)c1noc(Cn2ncc3c(cnn3-c3ccccc3)c2=O)n1. The number of aromatic nitrogens is 6. The van der Waals surface area contributed by atoms with E-state index in [-0.39, 0.29) is 17.4 Å². The molecule has 8 nitrogen and oxygen atoms in total. The van der Waals surface area contributed by atoms with Gasteiger partial charge in [0.25, 0.3) is 5.56 Å². The Morgan fingerprint density at radius 2 is 2.00 bits per heavy atom. The molecule has 0 aliphatic rings. The average molecular weight is 382 g/mol. The van der Waals surface area contributed by atoms with Gasteiger partial charge >= 0.3 is 0 Å². The van der Waals surface area contributed by atoms with Crippen LogP contribution >= 0.6 is 11.8 Å². The summed E-state index contributed by atoms with van der Waals surface area (Å²) in [5, 5.41) is 13.2. The predicted molar refractivity (Wildman–Crippen MR) is 103 cm³/mol. The van der Waals surface area contributed by atoms with Gasteiger partial charge in [-0.25, -0.2) is 9.36 Å². The number of fused-ring (bicyclic) bond motifs is 1. The molecule has 0 bridgehead atoms. The van der Waals surface area contributed by atoms with Crippen LogP contribution in [0, 0.1) is 0 Å². The van der Waals surface area contributed by atoms with Gasteiger partial charge in [-0.2, -0.15) is 26.9 Å². The van der Waals surface area contributed by atoms with Crippen LogP contribution < -0.4 is 5.56 Å². The Hall–Kier alpha value is -2.94. The first-order chi connectivity index (χ1) is 13.2. The van der Waals surface area contributed by atoms with Crippen molar-refractivity contribution < 1.29 is 4.52 Å². The number of benzene rings is 1. The third kappa shape index (κ3) is 3.37. The Kier molecular flexibility index (Phi) is 4.76. The number of hydrogen-bond acceptors (Lipinski definition) is 7. The third-order valence-electron chi connectivity index (χ3n) is 4.14. The van der Waals surface area contributed by atoms with Crippen molar-refractivity contribution in [2.75, 3.05) is 5.75 Å². The van der Waals surface area contributed by atoms with Crippen molar-refractivity contribution in [2.45, 2.75) is 25.6 Å².